The molecule has 1 fully saturated rings. The zero-order valence-corrected chi connectivity index (χ0v) is 18.5. The maximum absolute atomic E-state index is 13.1. The van der Waals surface area contributed by atoms with Crippen LogP contribution in [0, 0.1) is 11.2 Å². The number of hydrogen-bond acceptors (Lipinski definition) is 3. The SMILES string of the molecule is CC(C)(CCCOc1ccc(Cl)cc1)C(=O)N1CCN(Cc2ccc(F)cc2)CC1. The quantitative estimate of drug-likeness (QED) is 0.550. The molecule has 4 nitrogen and oxygen atoms in total. The highest BCUT2D eigenvalue weighted by Gasteiger charge is 2.33. The monoisotopic (exact) mass is 432 g/mol. The molecule has 0 saturated carbocycles. The van der Waals surface area contributed by atoms with Gasteiger partial charge in [0.15, 0.2) is 0 Å². The van der Waals surface area contributed by atoms with Crippen LogP contribution in [0.2, 0.25) is 5.02 Å². The van der Waals surface area contributed by atoms with Crippen LogP contribution >= 0.6 is 11.6 Å². The molecule has 1 aliphatic rings. The maximum Gasteiger partial charge on any atom is 0.228 e. The lowest BCUT2D eigenvalue weighted by atomic mass is 9.86. The third-order valence-corrected chi connectivity index (χ3v) is 5.84. The number of benzene rings is 2. The maximum atomic E-state index is 13.1. The number of amides is 1. The number of carbonyl (C=O) groups excluding carboxylic acids is 1. The molecular formula is C24H30ClFN2O2. The van der Waals surface area contributed by atoms with Gasteiger partial charge in [-0.25, -0.2) is 4.39 Å². The second-order valence-electron chi connectivity index (χ2n) is 8.48. The van der Waals surface area contributed by atoms with Gasteiger partial charge in [0, 0.05) is 43.2 Å². The first-order valence-corrected chi connectivity index (χ1v) is 10.9. The van der Waals surface area contributed by atoms with E-state index in [0.29, 0.717) is 11.6 Å². The molecule has 30 heavy (non-hydrogen) atoms. The number of halogens is 2. The van der Waals surface area contributed by atoms with Crippen LogP contribution in [-0.2, 0) is 11.3 Å². The minimum absolute atomic E-state index is 0.204. The number of ether oxygens (including phenoxy) is 1. The van der Waals surface area contributed by atoms with E-state index < -0.39 is 5.41 Å². The fourth-order valence-electron chi connectivity index (χ4n) is 3.73. The smallest absolute Gasteiger partial charge is 0.228 e. The summed E-state index contributed by atoms with van der Waals surface area (Å²) >= 11 is 5.88. The fourth-order valence-corrected chi connectivity index (χ4v) is 3.85. The van der Waals surface area contributed by atoms with Crippen LogP contribution in [-0.4, -0.2) is 48.5 Å². The Morgan fingerprint density at radius 2 is 1.67 bits per heavy atom. The van der Waals surface area contributed by atoms with Gasteiger partial charge in [0.05, 0.1) is 6.61 Å². The number of hydrogen-bond donors (Lipinski definition) is 0. The Morgan fingerprint density at radius 1 is 1.03 bits per heavy atom. The summed E-state index contributed by atoms with van der Waals surface area (Å²) < 4.78 is 18.8. The van der Waals surface area contributed by atoms with Crippen LogP contribution in [0.5, 0.6) is 5.75 Å². The van der Waals surface area contributed by atoms with E-state index in [4.69, 9.17) is 16.3 Å². The van der Waals surface area contributed by atoms with E-state index in [-0.39, 0.29) is 11.7 Å². The highest BCUT2D eigenvalue weighted by molar-refractivity contribution is 6.30. The second-order valence-corrected chi connectivity index (χ2v) is 8.92. The fraction of sp³-hybridized carbons (Fsp3) is 0.458. The van der Waals surface area contributed by atoms with Crippen LogP contribution < -0.4 is 4.74 Å². The first-order chi connectivity index (χ1) is 14.3. The average molecular weight is 433 g/mol. The molecule has 1 amide bonds. The summed E-state index contributed by atoms with van der Waals surface area (Å²) in [6.45, 7) is 8.51. The molecule has 0 bridgehead atoms. The molecule has 1 aliphatic heterocycles. The Morgan fingerprint density at radius 3 is 2.30 bits per heavy atom. The van der Waals surface area contributed by atoms with Crippen molar-refractivity contribution in [1.29, 1.82) is 0 Å². The van der Waals surface area contributed by atoms with E-state index in [9.17, 15) is 9.18 Å². The Balaban J connectivity index is 1.40. The molecule has 0 aliphatic carbocycles. The molecule has 6 heteroatoms. The minimum Gasteiger partial charge on any atom is -0.494 e. The van der Waals surface area contributed by atoms with E-state index in [1.54, 1.807) is 12.1 Å². The summed E-state index contributed by atoms with van der Waals surface area (Å²) in [5.41, 5.74) is 0.680. The van der Waals surface area contributed by atoms with Crippen molar-refractivity contribution in [2.24, 2.45) is 5.41 Å². The highest BCUT2D eigenvalue weighted by atomic mass is 35.5. The third-order valence-electron chi connectivity index (χ3n) is 5.59. The van der Waals surface area contributed by atoms with E-state index in [2.05, 4.69) is 4.90 Å². The highest BCUT2D eigenvalue weighted by Crippen LogP contribution is 2.26. The van der Waals surface area contributed by atoms with Crippen molar-refractivity contribution in [3.05, 3.63) is 64.9 Å². The van der Waals surface area contributed by atoms with Crippen molar-refractivity contribution < 1.29 is 13.9 Å². The van der Waals surface area contributed by atoms with Crippen LogP contribution in [0.3, 0.4) is 0 Å². The van der Waals surface area contributed by atoms with Crippen molar-refractivity contribution in [2.75, 3.05) is 32.8 Å². The zero-order chi connectivity index (χ0) is 21.6. The molecule has 0 spiro atoms. The normalized spacial score (nSPS) is 15.3. The van der Waals surface area contributed by atoms with Gasteiger partial charge in [-0.15, -0.1) is 0 Å². The number of carbonyl (C=O) groups is 1. The Hall–Kier alpha value is -2.11. The molecule has 0 unspecified atom stereocenters. The van der Waals surface area contributed by atoms with Crippen molar-refractivity contribution in [3.8, 4) is 5.75 Å². The molecule has 2 aromatic carbocycles. The third kappa shape index (κ3) is 6.44. The molecule has 162 valence electrons. The summed E-state index contributed by atoms with van der Waals surface area (Å²) in [7, 11) is 0. The summed E-state index contributed by atoms with van der Waals surface area (Å²) in [6.07, 6.45) is 1.58. The Bertz CT molecular complexity index is 816. The first-order valence-electron chi connectivity index (χ1n) is 10.5. The summed E-state index contributed by atoms with van der Waals surface area (Å²) in [5, 5.41) is 0.687. The molecule has 0 N–H and O–H groups in total. The summed E-state index contributed by atoms with van der Waals surface area (Å²) in [4.78, 5) is 17.3. The van der Waals surface area contributed by atoms with Crippen LogP contribution in [0.4, 0.5) is 4.39 Å². The van der Waals surface area contributed by atoms with E-state index >= 15 is 0 Å². The van der Waals surface area contributed by atoms with Gasteiger partial charge in [-0.3, -0.25) is 9.69 Å². The standard InChI is InChI=1S/C24H30ClFN2O2/c1-24(2,12-3-17-30-22-10-6-20(25)7-11-22)23(29)28-15-13-27(14-16-28)18-19-4-8-21(26)9-5-19/h4-11H,3,12-18H2,1-2H3. The molecule has 0 atom stereocenters. The molecule has 1 saturated heterocycles. The van der Waals surface area contributed by atoms with Gasteiger partial charge in [-0.2, -0.15) is 0 Å². The molecule has 0 radical (unpaired) electrons. The van der Waals surface area contributed by atoms with Crippen molar-refractivity contribution >= 4 is 17.5 Å². The van der Waals surface area contributed by atoms with Gasteiger partial charge >= 0.3 is 0 Å². The predicted molar refractivity (Wildman–Crippen MR) is 118 cm³/mol. The van der Waals surface area contributed by atoms with E-state index in [1.807, 2.05) is 43.0 Å². The molecule has 2 aromatic rings. The van der Waals surface area contributed by atoms with Crippen LogP contribution in [0.15, 0.2) is 48.5 Å². The van der Waals surface area contributed by atoms with Gasteiger partial charge in [-0.05, 0) is 54.8 Å². The van der Waals surface area contributed by atoms with Gasteiger partial charge in [0.2, 0.25) is 5.91 Å². The Labute approximate surface area is 183 Å². The molecule has 1 heterocycles. The second kappa shape index (κ2) is 10.3. The lowest BCUT2D eigenvalue weighted by Gasteiger charge is -2.38. The van der Waals surface area contributed by atoms with E-state index in [0.717, 1.165) is 56.9 Å². The minimum atomic E-state index is -0.414. The lowest BCUT2D eigenvalue weighted by Crippen LogP contribution is -2.51. The number of piperazine rings is 1. The molecule has 3 rings (SSSR count). The van der Waals surface area contributed by atoms with Crippen LogP contribution in [0.25, 0.3) is 0 Å². The number of nitrogens with zero attached hydrogens (tertiary/aromatic N) is 2. The Kier molecular flexibility index (Phi) is 7.73. The predicted octanol–water partition coefficient (Wildman–Crippen LogP) is 5.01. The summed E-state index contributed by atoms with van der Waals surface area (Å²) in [5.74, 6) is 0.784. The van der Waals surface area contributed by atoms with Crippen molar-refractivity contribution in [1.82, 2.24) is 9.80 Å². The van der Waals surface area contributed by atoms with E-state index in [1.165, 1.54) is 12.1 Å². The topological polar surface area (TPSA) is 32.8 Å². The van der Waals surface area contributed by atoms with Gasteiger partial charge in [-0.1, -0.05) is 37.6 Å². The lowest BCUT2D eigenvalue weighted by molar-refractivity contribution is -0.142. The van der Waals surface area contributed by atoms with Gasteiger partial charge in [0.1, 0.15) is 11.6 Å². The van der Waals surface area contributed by atoms with Crippen molar-refractivity contribution in [2.45, 2.75) is 33.2 Å². The van der Waals surface area contributed by atoms with Crippen molar-refractivity contribution in [3.63, 3.8) is 0 Å². The first kappa shape index (κ1) is 22.6. The molecule has 0 aromatic heterocycles. The van der Waals surface area contributed by atoms with Crippen LogP contribution in [0.1, 0.15) is 32.3 Å². The molecular weight excluding hydrogens is 403 g/mol. The zero-order valence-electron chi connectivity index (χ0n) is 17.7. The summed E-state index contributed by atoms with van der Waals surface area (Å²) in [6, 6.07) is 13.9. The van der Waals surface area contributed by atoms with Gasteiger partial charge < -0.3 is 9.64 Å². The van der Waals surface area contributed by atoms with Gasteiger partial charge in [0.25, 0.3) is 0 Å². The average Bonchev–Trinajstić information content (AvgIpc) is 2.74. The largest absolute Gasteiger partial charge is 0.494 e. The number of rotatable bonds is 8.